The summed E-state index contributed by atoms with van der Waals surface area (Å²) < 4.78 is 16.4. The monoisotopic (exact) mass is 370 g/mol. The highest BCUT2D eigenvalue weighted by Gasteiger charge is 2.09. The van der Waals surface area contributed by atoms with E-state index in [0.29, 0.717) is 5.69 Å². The van der Waals surface area contributed by atoms with Crippen LogP contribution < -0.4 is 0 Å². The zero-order valence-corrected chi connectivity index (χ0v) is 14.5. The van der Waals surface area contributed by atoms with Crippen molar-refractivity contribution in [2.24, 2.45) is 4.99 Å². The van der Waals surface area contributed by atoms with Crippen LogP contribution in [-0.2, 0) is 0 Å². The lowest BCUT2D eigenvalue weighted by atomic mass is 10.2. The minimum Gasteiger partial charge on any atom is -0.318 e. The van der Waals surface area contributed by atoms with Gasteiger partial charge in [0, 0.05) is 33.3 Å². The number of benzene rings is 2. The molecule has 116 valence electrons. The molecule has 0 aliphatic rings. The topological polar surface area (TPSA) is 17.3 Å². The quantitative estimate of drug-likeness (QED) is 0.522. The Hall–Kier alpha value is -2.20. The predicted octanol–water partition coefficient (Wildman–Crippen LogP) is 5.75. The first-order valence-corrected chi connectivity index (χ1v) is 8.08. The minimum absolute atomic E-state index is 0.278. The summed E-state index contributed by atoms with van der Waals surface area (Å²) in [6.07, 6.45) is 1.78. The van der Waals surface area contributed by atoms with Crippen LogP contribution in [0.3, 0.4) is 0 Å². The van der Waals surface area contributed by atoms with Gasteiger partial charge in [-0.3, -0.25) is 4.99 Å². The number of aryl methyl sites for hydroxylation is 1. The molecule has 0 aliphatic carbocycles. The highest BCUT2D eigenvalue weighted by atomic mass is 79.9. The van der Waals surface area contributed by atoms with Gasteiger partial charge in [0.2, 0.25) is 0 Å². The van der Waals surface area contributed by atoms with Gasteiger partial charge in [-0.1, -0.05) is 22.0 Å². The van der Waals surface area contributed by atoms with Gasteiger partial charge in [0.1, 0.15) is 5.82 Å². The molecule has 0 N–H and O–H groups in total. The molecule has 0 amide bonds. The normalized spacial score (nSPS) is 11.3. The third-order valence-electron chi connectivity index (χ3n) is 3.72. The van der Waals surface area contributed by atoms with E-state index in [9.17, 15) is 4.39 Å². The van der Waals surface area contributed by atoms with Crippen molar-refractivity contribution in [2.75, 3.05) is 0 Å². The second-order valence-corrected chi connectivity index (χ2v) is 6.29. The van der Waals surface area contributed by atoms with E-state index in [0.717, 1.165) is 27.1 Å². The number of hydrogen-bond donors (Lipinski definition) is 0. The minimum atomic E-state index is -0.278. The fourth-order valence-electron chi connectivity index (χ4n) is 2.61. The lowest BCUT2D eigenvalue weighted by Gasteiger charge is -2.09. The fraction of sp³-hybridized carbons (Fsp3) is 0.105. The van der Waals surface area contributed by atoms with Gasteiger partial charge in [0.05, 0.1) is 5.69 Å². The summed E-state index contributed by atoms with van der Waals surface area (Å²) in [5.41, 5.74) is 4.97. The zero-order chi connectivity index (χ0) is 16.4. The average Bonchev–Trinajstić information content (AvgIpc) is 2.81. The first-order valence-electron chi connectivity index (χ1n) is 7.29. The van der Waals surface area contributed by atoms with Gasteiger partial charge in [-0.2, -0.15) is 0 Å². The number of aliphatic imine (C=N–C) groups is 1. The van der Waals surface area contributed by atoms with Crippen LogP contribution in [0.2, 0.25) is 0 Å². The van der Waals surface area contributed by atoms with E-state index in [4.69, 9.17) is 0 Å². The number of halogens is 2. The number of rotatable bonds is 3. The highest BCUT2D eigenvalue weighted by Crippen LogP contribution is 2.22. The van der Waals surface area contributed by atoms with Crippen molar-refractivity contribution in [1.82, 2.24) is 4.57 Å². The van der Waals surface area contributed by atoms with Crippen molar-refractivity contribution < 1.29 is 4.39 Å². The molecule has 4 heteroatoms. The molecule has 23 heavy (non-hydrogen) atoms. The van der Waals surface area contributed by atoms with Gasteiger partial charge in [-0.15, -0.1) is 0 Å². The summed E-state index contributed by atoms with van der Waals surface area (Å²) in [6, 6.07) is 16.5. The Balaban J connectivity index is 1.96. The van der Waals surface area contributed by atoms with E-state index < -0.39 is 0 Å². The van der Waals surface area contributed by atoms with Gasteiger partial charge < -0.3 is 4.57 Å². The van der Waals surface area contributed by atoms with E-state index in [-0.39, 0.29) is 5.82 Å². The largest absolute Gasteiger partial charge is 0.318 e. The maximum Gasteiger partial charge on any atom is 0.125 e. The zero-order valence-electron chi connectivity index (χ0n) is 12.9. The van der Waals surface area contributed by atoms with Crippen LogP contribution in [0.5, 0.6) is 0 Å². The summed E-state index contributed by atoms with van der Waals surface area (Å²) in [7, 11) is 0. The predicted molar refractivity (Wildman–Crippen MR) is 96.6 cm³/mol. The van der Waals surface area contributed by atoms with Gasteiger partial charge in [-0.05, 0) is 62.4 Å². The van der Waals surface area contributed by atoms with Gasteiger partial charge >= 0.3 is 0 Å². The summed E-state index contributed by atoms with van der Waals surface area (Å²) in [5, 5.41) is 0. The molecule has 2 nitrogen and oxygen atoms in total. The molecule has 1 heterocycles. The molecule has 0 saturated carbocycles. The molecule has 0 spiro atoms. The van der Waals surface area contributed by atoms with E-state index >= 15 is 0 Å². The molecule has 0 bridgehead atoms. The number of nitrogens with zero attached hydrogens (tertiary/aromatic N) is 2. The van der Waals surface area contributed by atoms with E-state index in [1.165, 1.54) is 12.1 Å². The molecule has 1 aromatic heterocycles. The lowest BCUT2D eigenvalue weighted by molar-refractivity contribution is 0.628. The number of hydrogen-bond acceptors (Lipinski definition) is 1. The fourth-order valence-corrected chi connectivity index (χ4v) is 2.87. The molecule has 2 aromatic carbocycles. The molecule has 3 aromatic rings. The summed E-state index contributed by atoms with van der Waals surface area (Å²) >= 11 is 3.46. The summed E-state index contributed by atoms with van der Waals surface area (Å²) in [6.45, 7) is 4.12. The van der Waals surface area contributed by atoms with Crippen molar-refractivity contribution in [3.63, 3.8) is 0 Å². The van der Waals surface area contributed by atoms with E-state index in [1.807, 2.05) is 12.1 Å². The molecular weight excluding hydrogens is 355 g/mol. The van der Waals surface area contributed by atoms with Crippen LogP contribution in [0.1, 0.15) is 17.0 Å². The Labute approximate surface area is 143 Å². The van der Waals surface area contributed by atoms with Crippen LogP contribution in [0.15, 0.2) is 64.1 Å². The van der Waals surface area contributed by atoms with Crippen LogP contribution in [0.25, 0.3) is 5.69 Å². The van der Waals surface area contributed by atoms with Crippen molar-refractivity contribution >= 4 is 27.8 Å². The molecule has 0 atom stereocenters. The molecule has 0 saturated heterocycles. The first kappa shape index (κ1) is 15.7. The SMILES string of the molecule is Cc1cc(C=Nc2cccc(F)c2)c(C)n1-c1ccc(Br)cc1. The molecule has 0 fully saturated rings. The van der Waals surface area contributed by atoms with Gasteiger partial charge in [0.15, 0.2) is 0 Å². The average molecular weight is 371 g/mol. The van der Waals surface area contributed by atoms with Crippen molar-refractivity contribution in [2.45, 2.75) is 13.8 Å². The second-order valence-electron chi connectivity index (χ2n) is 5.38. The maximum atomic E-state index is 13.2. The molecule has 0 radical (unpaired) electrons. The Bertz CT molecular complexity index is 864. The summed E-state index contributed by atoms with van der Waals surface area (Å²) in [5.74, 6) is -0.278. The smallest absolute Gasteiger partial charge is 0.125 e. The Morgan fingerprint density at radius 1 is 1.04 bits per heavy atom. The van der Waals surface area contributed by atoms with E-state index in [1.54, 1.807) is 18.3 Å². The van der Waals surface area contributed by atoms with E-state index in [2.05, 4.69) is 57.5 Å². The highest BCUT2D eigenvalue weighted by molar-refractivity contribution is 9.10. The van der Waals surface area contributed by atoms with Crippen molar-refractivity contribution in [1.29, 1.82) is 0 Å². The Kier molecular flexibility index (Phi) is 4.44. The lowest BCUT2D eigenvalue weighted by Crippen LogP contribution is -1.99. The first-order chi connectivity index (χ1) is 11.0. The Morgan fingerprint density at radius 3 is 2.48 bits per heavy atom. The number of aromatic nitrogens is 1. The van der Waals surface area contributed by atoms with Crippen LogP contribution in [0, 0.1) is 19.7 Å². The molecular formula is C19H16BrFN2. The third kappa shape index (κ3) is 3.42. The second kappa shape index (κ2) is 6.50. The maximum absolute atomic E-state index is 13.2. The Morgan fingerprint density at radius 2 is 1.78 bits per heavy atom. The molecule has 0 aliphatic heterocycles. The summed E-state index contributed by atoms with van der Waals surface area (Å²) in [4.78, 5) is 4.37. The standard InChI is InChI=1S/C19H16BrFN2/c1-13-10-15(12-22-18-5-3-4-17(21)11-18)14(2)23(13)19-8-6-16(20)7-9-19/h3-12H,1-2H3. The van der Waals surface area contributed by atoms with Crippen LogP contribution >= 0.6 is 15.9 Å². The van der Waals surface area contributed by atoms with Gasteiger partial charge in [-0.25, -0.2) is 4.39 Å². The van der Waals surface area contributed by atoms with Crippen molar-refractivity contribution in [3.8, 4) is 5.69 Å². The van der Waals surface area contributed by atoms with Crippen LogP contribution in [0.4, 0.5) is 10.1 Å². The van der Waals surface area contributed by atoms with Gasteiger partial charge in [0.25, 0.3) is 0 Å². The van der Waals surface area contributed by atoms with Crippen LogP contribution in [-0.4, -0.2) is 10.8 Å². The molecule has 3 rings (SSSR count). The third-order valence-corrected chi connectivity index (χ3v) is 4.24. The van der Waals surface area contributed by atoms with Crippen molar-refractivity contribution in [3.05, 3.63) is 81.8 Å². The molecule has 0 unspecified atom stereocenters.